The van der Waals surface area contributed by atoms with Gasteiger partial charge in [-0.05, 0) is 40.8 Å². The fourth-order valence-electron chi connectivity index (χ4n) is 1.91. The molecule has 0 radical (unpaired) electrons. The van der Waals surface area contributed by atoms with Gasteiger partial charge in [0.1, 0.15) is 6.10 Å². The second-order valence-electron chi connectivity index (χ2n) is 4.26. The summed E-state index contributed by atoms with van der Waals surface area (Å²) in [5.41, 5.74) is 6.16. The first-order valence-electron chi connectivity index (χ1n) is 5.86. The number of amidine groups is 1. The molecule has 0 spiro atoms. The highest BCUT2D eigenvalue weighted by molar-refractivity contribution is 14.1. The van der Waals surface area contributed by atoms with Crippen molar-refractivity contribution in [1.29, 1.82) is 0 Å². The van der Waals surface area contributed by atoms with Crippen molar-refractivity contribution < 1.29 is 14.7 Å². The summed E-state index contributed by atoms with van der Waals surface area (Å²) in [6.45, 7) is 1.12. The minimum atomic E-state index is -0.567. The molecule has 1 fully saturated rings. The average molecular weight is 454 g/mol. The summed E-state index contributed by atoms with van der Waals surface area (Å²) < 4.78 is 7.11. The number of halogens is 2. The van der Waals surface area contributed by atoms with Gasteiger partial charge in [-0.3, -0.25) is 4.79 Å². The topological polar surface area (TPSA) is 88.2 Å². The molecule has 1 aliphatic rings. The van der Waals surface area contributed by atoms with Crippen LogP contribution >= 0.6 is 38.5 Å². The number of hydrogen-bond acceptors (Lipinski definition) is 4. The van der Waals surface area contributed by atoms with E-state index in [1.807, 2.05) is 12.1 Å². The normalized spacial score (nSPS) is 20.0. The van der Waals surface area contributed by atoms with Crippen LogP contribution in [0.2, 0.25) is 0 Å². The summed E-state index contributed by atoms with van der Waals surface area (Å²) in [6.07, 6.45) is -0.567. The molecule has 1 aromatic rings. The number of nitrogens with two attached hydrogens (primary N) is 1. The zero-order valence-electron chi connectivity index (χ0n) is 10.4. The first-order valence-corrected chi connectivity index (χ1v) is 7.73. The Morgan fingerprint density at radius 2 is 2.35 bits per heavy atom. The summed E-state index contributed by atoms with van der Waals surface area (Å²) in [7, 11) is 0. The third kappa shape index (κ3) is 3.41. The van der Waals surface area contributed by atoms with Gasteiger partial charge in [-0.2, -0.15) is 0 Å². The van der Waals surface area contributed by atoms with Crippen LogP contribution in [-0.4, -0.2) is 47.7 Å². The Balaban J connectivity index is 2.18. The van der Waals surface area contributed by atoms with Crippen LogP contribution in [-0.2, 0) is 4.74 Å². The minimum absolute atomic E-state index is 0.0218. The van der Waals surface area contributed by atoms with Crippen LogP contribution in [0.1, 0.15) is 10.4 Å². The predicted molar refractivity (Wildman–Crippen MR) is 85.9 cm³/mol. The summed E-state index contributed by atoms with van der Waals surface area (Å²) in [5, 5.41) is 11.6. The molecule has 0 bridgehead atoms. The second kappa shape index (κ2) is 6.72. The summed E-state index contributed by atoms with van der Waals surface area (Å²) in [5.74, 6) is -0.110. The lowest BCUT2D eigenvalue weighted by Crippen LogP contribution is -2.50. The largest absolute Gasteiger partial charge is 0.409 e. The number of oxime groups is 1. The third-order valence-electron chi connectivity index (χ3n) is 2.96. The molecule has 8 heteroatoms. The van der Waals surface area contributed by atoms with Gasteiger partial charge in [-0.15, -0.1) is 0 Å². The van der Waals surface area contributed by atoms with Crippen molar-refractivity contribution in [2.45, 2.75) is 6.10 Å². The van der Waals surface area contributed by atoms with E-state index in [0.29, 0.717) is 18.7 Å². The molecular formula is C12H13BrIN3O3. The van der Waals surface area contributed by atoms with Gasteiger partial charge < -0.3 is 20.6 Å². The zero-order valence-corrected chi connectivity index (χ0v) is 14.2. The Hall–Kier alpha value is -0.870. The zero-order chi connectivity index (χ0) is 14.7. The molecule has 1 aromatic carbocycles. The Kier molecular flexibility index (Phi) is 5.22. The molecule has 3 N–H and O–H groups in total. The average Bonchev–Trinajstić information content (AvgIpc) is 2.48. The lowest BCUT2D eigenvalue weighted by Gasteiger charge is -2.32. The van der Waals surface area contributed by atoms with Gasteiger partial charge in [0, 0.05) is 14.6 Å². The molecule has 108 valence electrons. The number of morpholine rings is 1. The van der Waals surface area contributed by atoms with Crippen LogP contribution in [0.15, 0.2) is 27.8 Å². The number of hydrogen-bond donors (Lipinski definition) is 2. The van der Waals surface area contributed by atoms with Gasteiger partial charge in [0.15, 0.2) is 5.84 Å². The van der Waals surface area contributed by atoms with Crippen molar-refractivity contribution in [3.05, 3.63) is 31.8 Å². The van der Waals surface area contributed by atoms with Gasteiger partial charge in [0.2, 0.25) is 0 Å². The van der Waals surface area contributed by atoms with Gasteiger partial charge in [0.05, 0.1) is 18.7 Å². The number of carbonyl (C=O) groups excluding carboxylic acids is 1. The molecule has 1 aliphatic heterocycles. The van der Waals surface area contributed by atoms with E-state index >= 15 is 0 Å². The molecule has 0 aliphatic carbocycles. The van der Waals surface area contributed by atoms with Gasteiger partial charge in [-0.25, -0.2) is 0 Å². The first kappa shape index (κ1) is 15.5. The molecule has 1 saturated heterocycles. The van der Waals surface area contributed by atoms with Crippen LogP contribution in [0.4, 0.5) is 0 Å². The van der Waals surface area contributed by atoms with E-state index in [0.717, 1.165) is 8.04 Å². The molecule has 20 heavy (non-hydrogen) atoms. The van der Waals surface area contributed by atoms with E-state index in [9.17, 15) is 4.79 Å². The number of rotatable bonds is 2. The van der Waals surface area contributed by atoms with E-state index in [1.165, 1.54) is 0 Å². The molecule has 2 rings (SSSR count). The highest BCUT2D eigenvalue weighted by atomic mass is 127. The van der Waals surface area contributed by atoms with Crippen LogP contribution in [0, 0.1) is 3.57 Å². The Bertz CT molecular complexity index is 553. The van der Waals surface area contributed by atoms with Crippen molar-refractivity contribution in [3.8, 4) is 0 Å². The quantitative estimate of drug-likeness (QED) is 0.234. The molecule has 1 amide bonds. The van der Waals surface area contributed by atoms with Crippen molar-refractivity contribution in [3.63, 3.8) is 0 Å². The monoisotopic (exact) mass is 453 g/mol. The van der Waals surface area contributed by atoms with Crippen molar-refractivity contribution in [2.24, 2.45) is 10.9 Å². The highest BCUT2D eigenvalue weighted by Gasteiger charge is 2.28. The molecule has 0 saturated carbocycles. The fraction of sp³-hybridized carbons (Fsp3) is 0.333. The molecule has 1 atom stereocenters. The number of nitrogens with zero attached hydrogens (tertiary/aromatic N) is 2. The van der Waals surface area contributed by atoms with Gasteiger partial charge in [-0.1, -0.05) is 21.1 Å². The van der Waals surface area contributed by atoms with E-state index in [2.05, 4.69) is 43.7 Å². The fourth-order valence-corrected chi connectivity index (χ4v) is 2.84. The number of carbonyl (C=O) groups is 1. The summed E-state index contributed by atoms with van der Waals surface area (Å²) in [6, 6.07) is 5.55. The van der Waals surface area contributed by atoms with Crippen LogP contribution in [0.5, 0.6) is 0 Å². The van der Waals surface area contributed by atoms with E-state index in [4.69, 9.17) is 15.7 Å². The maximum absolute atomic E-state index is 12.5. The molecule has 0 aromatic heterocycles. The van der Waals surface area contributed by atoms with Gasteiger partial charge >= 0.3 is 0 Å². The van der Waals surface area contributed by atoms with Crippen LogP contribution in [0.25, 0.3) is 0 Å². The minimum Gasteiger partial charge on any atom is -0.409 e. The van der Waals surface area contributed by atoms with Crippen LogP contribution < -0.4 is 5.73 Å². The third-order valence-corrected chi connectivity index (χ3v) is 4.39. The maximum atomic E-state index is 12.5. The standard InChI is InChI=1S/C12H13BrIN3O3/c13-7-1-2-9(14)8(5-7)12(18)17-3-4-20-10(6-17)11(15)16-19/h1-2,5,10,19H,3-4,6H2,(H2,15,16). The molecular weight excluding hydrogens is 441 g/mol. The first-order chi connectivity index (χ1) is 9.52. The SMILES string of the molecule is N/C(=N/O)C1CN(C(=O)c2cc(Br)ccc2I)CCO1. The number of amides is 1. The van der Waals surface area contributed by atoms with Crippen LogP contribution in [0.3, 0.4) is 0 Å². The van der Waals surface area contributed by atoms with Crippen molar-refractivity contribution >= 4 is 50.3 Å². The Labute approximate surface area is 138 Å². The summed E-state index contributed by atoms with van der Waals surface area (Å²) >= 11 is 5.49. The Morgan fingerprint density at radius 1 is 1.60 bits per heavy atom. The van der Waals surface area contributed by atoms with E-state index in [1.54, 1.807) is 11.0 Å². The lowest BCUT2D eigenvalue weighted by atomic mass is 10.1. The maximum Gasteiger partial charge on any atom is 0.255 e. The molecule has 1 heterocycles. The molecule has 1 unspecified atom stereocenters. The Morgan fingerprint density at radius 3 is 3.05 bits per heavy atom. The molecule has 6 nitrogen and oxygen atoms in total. The van der Waals surface area contributed by atoms with E-state index < -0.39 is 6.10 Å². The predicted octanol–water partition coefficient (Wildman–Crippen LogP) is 1.64. The summed E-state index contributed by atoms with van der Waals surface area (Å²) in [4.78, 5) is 14.2. The van der Waals surface area contributed by atoms with Gasteiger partial charge in [0.25, 0.3) is 5.91 Å². The van der Waals surface area contributed by atoms with Crippen molar-refractivity contribution in [2.75, 3.05) is 19.7 Å². The highest BCUT2D eigenvalue weighted by Crippen LogP contribution is 2.21. The number of benzene rings is 1. The number of ether oxygens (including phenoxy) is 1. The second-order valence-corrected chi connectivity index (χ2v) is 6.34. The van der Waals surface area contributed by atoms with E-state index in [-0.39, 0.29) is 18.3 Å². The smallest absolute Gasteiger partial charge is 0.255 e. The van der Waals surface area contributed by atoms with Crippen molar-refractivity contribution in [1.82, 2.24) is 4.90 Å². The lowest BCUT2D eigenvalue weighted by molar-refractivity contribution is 0.00670.